The fraction of sp³-hybridized carbons (Fsp3) is 0.333. The van der Waals surface area contributed by atoms with Crippen LogP contribution in [0.25, 0.3) is 10.7 Å². The standard InChI is InChI=1S/C15H17N5O2S/c1-9-14(10(2)20(3)18-9)16-12(21)6-7-13-17-15(19-22-13)11-5-4-8-23-11/h4-5,8H,6-7H2,1-3H3,(H,16,21). The maximum absolute atomic E-state index is 12.1. The number of hydrogen-bond donors (Lipinski definition) is 1. The van der Waals surface area contributed by atoms with E-state index in [2.05, 4.69) is 20.6 Å². The highest BCUT2D eigenvalue weighted by molar-refractivity contribution is 7.13. The Balaban J connectivity index is 1.59. The summed E-state index contributed by atoms with van der Waals surface area (Å²) in [6.45, 7) is 3.79. The van der Waals surface area contributed by atoms with E-state index in [0.29, 0.717) is 18.1 Å². The third kappa shape index (κ3) is 3.31. The quantitative estimate of drug-likeness (QED) is 0.777. The predicted octanol–water partition coefficient (Wildman–Crippen LogP) is 2.72. The van der Waals surface area contributed by atoms with Gasteiger partial charge in [-0.2, -0.15) is 10.1 Å². The topological polar surface area (TPSA) is 85.8 Å². The zero-order valence-corrected chi connectivity index (χ0v) is 14.0. The molecule has 7 nitrogen and oxygen atoms in total. The molecule has 0 fully saturated rings. The van der Waals surface area contributed by atoms with Crippen molar-refractivity contribution in [3.05, 3.63) is 34.8 Å². The van der Waals surface area contributed by atoms with Crippen molar-refractivity contribution < 1.29 is 9.32 Å². The smallest absolute Gasteiger partial charge is 0.227 e. The first kappa shape index (κ1) is 15.4. The van der Waals surface area contributed by atoms with Crippen molar-refractivity contribution in [1.29, 1.82) is 0 Å². The molecule has 1 amide bonds. The van der Waals surface area contributed by atoms with Crippen molar-refractivity contribution in [2.24, 2.45) is 7.05 Å². The number of amides is 1. The number of hydrogen-bond acceptors (Lipinski definition) is 6. The molecule has 23 heavy (non-hydrogen) atoms. The number of anilines is 1. The first-order valence-corrected chi connectivity index (χ1v) is 8.09. The summed E-state index contributed by atoms with van der Waals surface area (Å²) in [6, 6.07) is 3.86. The van der Waals surface area contributed by atoms with Crippen LogP contribution in [0.3, 0.4) is 0 Å². The summed E-state index contributed by atoms with van der Waals surface area (Å²) in [5.74, 6) is 0.928. The van der Waals surface area contributed by atoms with Gasteiger partial charge in [0, 0.05) is 19.9 Å². The van der Waals surface area contributed by atoms with Gasteiger partial charge in [0.25, 0.3) is 0 Å². The number of nitrogens with one attached hydrogen (secondary N) is 1. The summed E-state index contributed by atoms with van der Waals surface area (Å²) in [7, 11) is 1.85. The Labute approximate surface area is 137 Å². The van der Waals surface area contributed by atoms with Gasteiger partial charge in [-0.05, 0) is 25.3 Å². The van der Waals surface area contributed by atoms with Crippen LogP contribution in [0.4, 0.5) is 5.69 Å². The normalized spacial score (nSPS) is 10.9. The maximum Gasteiger partial charge on any atom is 0.227 e. The lowest BCUT2D eigenvalue weighted by Gasteiger charge is -2.04. The molecule has 0 spiro atoms. The van der Waals surface area contributed by atoms with E-state index in [1.807, 2.05) is 38.4 Å². The first-order valence-electron chi connectivity index (χ1n) is 7.21. The van der Waals surface area contributed by atoms with Crippen molar-refractivity contribution in [2.45, 2.75) is 26.7 Å². The molecule has 8 heteroatoms. The van der Waals surface area contributed by atoms with Crippen LogP contribution < -0.4 is 5.32 Å². The van der Waals surface area contributed by atoms with Gasteiger partial charge < -0.3 is 9.84 Å². The minimum Gasteiger partial charge on any atom is -0.339 e. The second-order valence-corrected chi connectivity index (χ2v) is 6.15. The van der Waals surface area contributed by atoms with E-state index in [-0.39, 0.29) is 12.3 Å². The Morgan fingerprint density at radius 1 is 1.43 bits per heavy atom. The fourth-order valence-corrected chi connectivity index (χ4v) is 2.89. The third-order valence-electron chi connectivity index (χ3n) is 3.55. The van der Waals surface area contributed by atoms with Crippen LogP contribution in [0.15, 0.2) is 22.0 Å². The lowest BCUT2D eigenvalue weighted by molar-refractivity contribution is -0.116. The molecular weight excluding hydrogens is 314 g/mol. The van der Waals surface area contributed by atoms with Crippen LogP contribution in [-0.4, -0.2) is 25.8 Å². The van der Waals surface area contributed by atoms with Gasteiger partial charge in [-0.1, -0.05) is 11.2 Å². The van der Waals surface area contributed by atoms with E-state index < -0.39 is 0 Å². The van der Waals surface area contributed by atoms with E-state index in [0.717, 1.165) is 22.0 Å². The number of nitrogens with zero attached hydrogens (tertiary/aromatic N) is 4. The molecule has 3 rings (SSSR count). The van der Waals surface area contributed by atoms with Crippen LogP contribution in [0.2, 0.25) is 0 Å². The lowest BCUT2D eigenvalue weighted by Crippen LogP contribution is -2.13. The van der Waals surface area contributed by atoms with Crippen molar-refractivity contribution >= 4 is 22.9 Å². The molecule has 0 saturated carbocycles. The average Bonchev–Trinajstić information content (AvgIpc) is 3.23. The van der Waals surface area contributed by atoms with Crippen LogP contribution in [0.5, 0.6) is 0 Å². The first-order chi connectivity index (χ1) is 11.0. The summed E-state index contributed by atoms with van der Waals surface area (Å²) in [4.78, 5) is 17.4. The summed E-state index contributed by atoms with van der Waals surface area (Å²) in [5.41, 5.74) is 2.49. The van der Waals surface area contributed by atoms with E-state index in [4.69, 9.17) is 4.52 Å². The molecule has 0 unspecified atom stereocenters. The number of rotatable bonds is 5. The highest BCUT2D eigenvalue weighted by Crippen LogP contribution is 2.22. The largest absolute Gasteiger partial charge is 0.339 e. The van der Waals surface area contributed by atoms with E-state index in [1.165, 1.54) is 0 Å². The summed E-state index contributed by atoms with van der Waals surface area (Å²) >= 11 is 1.55. The summed E-state index contributed by atoms with van der Waals surface area (Å²) in [5, 5.41) is 13.1. The van der Waals surface area contributed by atoms with Gasteiger partial charge >= 0.3 is 0 Å². The molecule has 3 aromatic rings. The van der Waals surface area contributed by atoms with Gasteiger partial charge in [0.15, 0.2) is 0 Å². The van der Waals surface area contributed by atoms with E-state index in [1.54, 1.807) is 16.0 Å². The predicted molar refractivity (Wildman–Crippen MR) is 87.2 cm³/mol. The highest BCUT2D eigenvalue weighted by atomic mass is 32.1. The Morgan fingerprint density at radius 3 is 2.91 bits per heavy atom. The summed E-state index contributed by atoms with van der Waals surface area (Å²) < 4.78 is 6.94. The van der Waals surface area contributed by atoms with Gasteiger partial charge in [-0.25, -0.2) is 0 Å². The van der Waals surface area contributed by atoms with Crippen LogP contribution in [-0.2, 0) is 18.3 Å². The summed E-state index contributed by atoms with van der Waals surface area (Å²) in [6.07, 6.45) is 0.683. The molecule has 1 N–H and O–H groups in total. The van der Waals surface area contributed by atoms with Crippen molar-refractivity contribution in [3.8, 4) is 10.7 Å². The molecule has 120 valence electrons. The molecule has 3 aromatic heterocycles. The number of aromatic nitrogens is 4. The SMILES string of the molecule is Cc1nn(C)c(C)c1NC(=O)CCc1nc(-c2cccs2)no1. The van der Waals surface area contributed by atoms with Crippen molar-refractivity contribution in [2.75, 3.05) is 5.32 Å². The molecule has 0 bridgehead atoms. The van der Waals surface area contributed by atoms with Gasteiger partial charge in [-0.15, -0.1) is 11.3 Å². The zero-order chi connectivity index (χ0) is 16.4. The van der Waals surface area contributed by atoms with Crippen molar-refractivity contribution in [1.82, 2.24) is 19.9 Å². The fourth-order valence-electron chi connectivity index (χ4n) is 2.24. The highest BCUT2D eigenvalue weighted by Gasteiger charge is 2.14. The van der Waals surface area contributed by atoms with Crippen LogP contribution >= 0.6 is 11.3 Å². The molecule has 0 aliphatic rings. The molecule has 0 aliphatic carbocycles. The molecular formula is C15H17N5O2S. The number of aryl methyl sites for hydroxylation is 3. The van der Waals surface area contributed by atoms with Gasteiger partial charge in [0.2, 0.25) is 17.6 Å². The Bertz CT molecular complexity index is 819. The number of carbonyl (C=O) groups excluding carboxylic acids is 1. The molecule has 3 heterocycles. The Kier molecular flexibility index (Phi) is 4.24. The molecule has 0 aromatic carbocycles. The monoisotopic (exact) mass is 331 g/mol. The zero-order valence-electron chi connectivity index (χ0n) is 13.2. The van der Waals surface area contributed by atoms with Crippen LogP contribution in [0.1, 0.15) is 23.7 Å². The molecule has 0 saturated heterocycles. The number of thiophene rings is 1. The minimum absolute atomic E-state index is 0.0972. The molecule has 0 aliphatic heterocycles. The third-order valence-corrected chi connectivity index (χ3v) is 4.41. The Hall–Kier alpha value is -2.48. The second kappa shape index (κ2) is 6.33. The maximum atomic E-state index is 12.1. The van der Waals surface area contributed by atoms with E-state index >= 15 is 0 Å². The Morgan fingerprint density at radius 2 is 2.26 bits per heavy atom. The molecule has 0 radical (unpaired) electrons. The number of carbonyl (C=O) groups is 1. The minimum atomic E-state index is -0.0972. The second-order valence-electron chi connectivity index (χ2n) is 5.21. The van der Waals surface area contributed by atoms with Gasteiger partial charge in [0.1, 0.15) is 0 Å². The average molecular weight is 331 g/mol. The lowest BCUT2D eigenvalue weighted by atomic mass is 10.2. The molecule has 0 atom stereocenters. The van der Waals surface area contributed by atoms with Crippen molar-refractivity contribution in [3.63, 3.8) is 0 Å². The van der Waals surface area contributed by atoms with Gasteiger partial charge in [0.05, 0.1) is 22.0 Å². The van der Waals surface area contributed by atoms with Crippen LogP contribution in [0, 0.1) is 13.8 Å². The van der Waals surface area contributed by atoms with E-state index in [9.17, 15) is 4.79 Å². The van der Waals surface area contributed by atoms with Gasteiger partial charge in [-0.3, -0.25) is 9.48 Å².